The van der Waals surface area contributed by atoms with Gasteiger partial charge in [0.05, 0.1) is 0 Å². The molecule has 0 saturated heterocycles. The zero-order chi connectivity index (χ0) is 5.15. The second-order valence-electron chi connectivity index (χ2n) is 0.861. The number of hydrogen-bond acceptors (Lipinski definition) is 2. The van der Waals surface area contributed by atoms with Gasteiger partial charge in [0.2, 0.25) is 5.78 Å². The Morgan fingerprint density at radius 2 is 1.50 bits per heavy atom. The van der Waals surface area contributed by atoms with Crippen LogP contribution in [0.25, 0.3) is 0 Å². The SMILES string of the molecule is CC(=O)C(=O)O.O.[LiH]. The minimum absolute atomic E-state index is 0. The van der Waals surface area contributed by atoms with Crippen LogP contribution in [0.1, 0.15) is 6.92 Å². The van der Waals surface area contributed by atoms with Crippen molar-refractivity contribution in [3.05, 3.63) is 0 Å². The van der Waals surface area contributed by atoms with Gasteiger partial charge in [-0.3, -0.25) is 4.79 Å². The Kier molecular flexibility index (Phi) is 13.1. The molecule has 0 atom stereocenters. The van der Waals surface area contributed by atoms with Gasteiger partial charge in [0, 0.05) is 6.92 Å². The van der Waals surface area contributed by atoms with Crippen molar-refractivity contribution in [2.24, 2.45) is 0 Å². The number of carbonyl (C=O) groups is 2. The first-order valence-corrected chi connectivity index (χ1v) is 1.38. The number of hydrogen-bond donors (Lipinski definition) is 1. The van der Waals surface area contributed by atoms with E-state index >= 15 is 0 Å². The van der Waals surface area contributed by atoms with Crippen molar-refractivity contribution >= 4 is 30.6 Å². The first-order valence-electron chi connectivity index (χ1n) is 1.38. The van der Waals surface area contributed by atoms with Gasteiger partial charge in [-0.15, -0.1) is 0 Å². The molecule has 0 radical (unpaired) electrons. The van der Waals surface area contributed by atoms with Gasteiger partial charge in [-0.25, -0.2) is 4.79 Å². The number of ketones is 1. The standard InChI is InChI=1S/C3H4O3.Li.H2O.H/c1-2(4)3(5)6;;;/h1H3,(H,5,6);;1H2;. The Morgan fingerprint density at radius 3 is 1.50 bits per heavy atom. The predicted molar refractivity (Wildman–Crippen MR) is 29.1 cm³/mol. The van der Waals surface area contributed by atoms with E-state index in [2.05, 4.69) is 0 Å². The van der Waals surface area contributed by atoms with Gasteiger partial charge in [0.15, 0.2) is 0 Å². The molecule has 0 aliphatic carbocycles. The minimum atomic E-state index is -1.38. The molecule has 0 unspecified atom stereocenters. The average Bonchev–Trinajstić information content (AvgIpc) is 1.36. The van der Waals surface area contributed by atoms with Crippen molar-refractivity contribution < 1.29 is 20.2 Å². The number of carboxylic acids is 1. The van der Waals surface area contributed by atoms with Crippen molar-refractivity contribution in [2.45, 2.75) is 6.92 Å². The Morgan fingerprint density at radius 1 is 1.38 bits per heavy atom. The third-order valence-corrected chi connectivity index (χ3v) is 0.301. The maximum absolute atomic E-state index is 9.54. The summed E-state index contributed by atoms with van der Waals surface area (Å²) in [7, 11) is 0. The molecule has 8 heavy (non-hydrogen) atoms. The normalized spacial score (nSPS) is 5.62. The molecule has 4 nitrogen and oxygen atoms in total. The molecule has 0 saturated carbocycles. The summed E-state index contributed by atoms with van der Waals surface area (Å²) in [6.07, 6.45) is 0. The summed E-state index contributed by atoms with van der Waals surface area (Å²) in [5.74, 6) is -2.20. The molecule has 44 valence electrons. The quantitative estimate of drug-likeness (QED) is 0.322. The molecule has 0 aromatic rings. The van der Waals surface area contributed by atoms with E-state index in [-0.39, 0.29) is 24.3 Å². The summed E-state index contributed by atoms with van der Waals surface area (Å²) < 4.78 is 0. The Bertz CT molecular complexity index is 77.3. The summed E-state index contributed by atoms with van der Waals surface area (Å²) in [5, 5.41) is 7.64. The zero-order valence-electron chi connectivity index (χ0n) is 3.76. The molecule has 0 aromatic carbocycles. The molecule has 5 heteroatoms. The second-order valence-corrected chi connectivity index (χ2v) is 0.861. The van der Waals surface area contributed by atoms with Crippen LogP contribution in [0.15, 0.2) is 0 Å². The topological polar surface area (TPSA) is 85.9 Å². The number of Topliss-reactive ketones (excluding diaryl/α,β-unsaturated/α-hetero) is 1. The van der Waals surface area contributed by atoms with Gasteiger partial charge in [0.1, 0.15) is 0 Å². The van der Waals surface area contributed by atoms with Crippen LogP contribution in [0.4, 0.5) is 0 Å². The first kappa shape index (κ1) is 15.6. The van der Waals surface area contributed by atoms with Crippen LogP contribution in [-0.2, 0) is 9.59 Å². The molecule has 0 aliphatic rings. The average molecular weight is 114 g/mol. The van der Waals surface area contributed by atoms with Crippen molar-refractivity contribution in [1.29, 1.82) is 0 Å². The third kappa shape index (κ3) is 9.20. The summed E-state index contributed by atoms with van der Waals surface area (Å²) in [4.78, 5) is 18.9. The fraction of sp³-hybridized carbons (Fsp3) is 0.333. The Labute approximate surface area is 58.4 Å². The molecule has 0 spiro atoms. The first-order chi connectivity index (χ1) is 2.64. The Hall–Kier alpha value is -0.303. The van der Waals surface area contributed by atoms with Crippen LogP contribution in [0.2, 0.25) is 0 Å². The zero-order valence-corrected chi connectivity index (χ0v) is 3.76. The van der Waals surface area contributed by atoms with Crippen LogP contribution < -0.4 is 0 Å². The molecule has 0 amide bonds. The van der Waals surface area contributed by atoms with Crippen molar-refractivity contribution in [1.82, 2.24) is 0 Å². The van der Waals surface area contributed by atoms with E-state index in [1.165, 1.54) is 0 Å². The Balaban J connectivity index is -0.000000125. The van der Waals surface area contributed by atoms with Gasteiger partial charge >= 0.3 is 24.8 Å². The van der Waals surface area contributed by atoms with E-state index < -0.39 is 11.8 Å². The van der Waals surface area contributed by atoms with Crippen molar-refractivity contribution in [3.8, 4) is 0 Å². The van der Waals surface area contributed by atoms with Crippen molar-refractivity contribution in [2.75, 3.05) is 0 Å². The van der Waals surface area contributed by atoms with Crippen molar-refractivity contribution in [3.63, 3.8) is 0 Å². The van der Waals surface area contributed by atoms with E-state index in [0.29, 0.717) is 0 Å². The summed E-state index contributed by atoms with van der Waals surface area (Å²) in [5.41, 5.74) is 0. The summed E-state index contributed by atoms with van der Waals surface area (Å²) in [6, 6.07) is 0. The summed E-state index contributed by atoms with van der Waals surface area (Å²) in [6.45, 7) is 1.00. The van der Waals surface area contributed by atoms with E-state index in [0.717, 1.165) is 6.92 Å². The second kappa shape index (κ2) is 6.70. The maximum atomic E-state index is 9.54. The number of rotatable bonds is 1. The van der Waals surface area contributed by atoms with Gasteiger partial charge in [-0.2, -0.15) is 0 Å². The van der Waals surface area contributed by atoms with Gasteiger partial charge < -0.3 is 10.6 Å². The van der Waals surface area contributed by atoms with Crippen LogP contribution >= 0.6 is 0 Å². The van der Waals surface area contributed by atoms with Crippen LogP contribution in [0, 0.1) is 0 Å². The van der Waals surface area contributed by atoms with Gasteiger partial charge in [-0.05, 0) is 0 Å². The van der Waals surface area contributed by atoms with Crippen LogP contribution in [-0.4, -0.2) is 41.2 Å². The third-order valence-electron chi connectivity index (χ3n) is 0.301. The fourth-order valence-electron chi connectivity index (χ4n) is 0. The molecule has 0 bridgehead atoms. The molecule has 3 N–H and O–H groups in total. The van der Waals surface area contributed by atoms with Gasteiger partial charge in [0.25, 0.3) is 0 Å². The fourth-order valence-corrected chi connectivity index (χ4v) is 0. The van der Waals surface area contributed by atoms with E-state index in [1.54, 1.807) is 0 Å². The number of carboxylic acid groups (broad SMARTS) is 1. The van der Waals surface area contributed by atoms with Crippen LogP contribution in [0.5, 0.6) is 0 Å². The van der Waals surface area contributed by atoms with Gasteiger partial charge in [-0.1, -0.05) is 0 Å². The number of aliphatic carboxylic acids is 1. The van der Waals surface area contributed by atoms with E-state index in [9.17, 15) is 9.59 Å². The van der Waals surface area contributed by atoms with Crippen LogP contribution in [0.3, 0.4) is 0 Å². The molecule has 0 heterocycles. The van der Waals surface area contributed by atoms with E-state index in [4.69, 9.17) is 5.11 Å². The monoisotopic (exact) mass is 114 g/mol. The molecular formula is C3H7LiO4. The van der Waals surface area contributed by atoms with E-state index in [1.807, 2.05) is 0 Å². The summed E-state index contributed by atoms with van der Waals surface area (Å²) >= 11 is 0. The molecule has 0 rings (SSSR count). The number of carbonyl (C=O) groups excluding carboxylic acids is 1. The predicted octanol–water partition coefficient (Wildman–Crippen LogP) is -1.81. The molecule has 0 aromatic heterocycles. The molecular weight excluding hydrogens is 107 g/mol. The molecule has 0 fully saturated rings. The molecule has 0 aliphatic heterocycles.